The van der Waals surface area contributed by atoms with Crippen molar-refractivity contribution in [1.29, 1.82) is 0 Å². The minimum absolute atomic E-state index is 0.115. The number of carbonyl (C=O) groups excluding carboxylic acids is 2. The van der Waals surface area contributed by atoms with Crippen LogP contribution in [0, 0.1) is 5.92 Å². The molecule has 0 spiro atoms. The third-order valence-electron chi connectivity index (χ3n) is 2.21. The number of carbonyl (C=O) groups is 2. The van der Waals surface area contributed by atoms with Gasteiger partial charge in [-0.05, 0) is 12.8 Å². The Morgan fingerprint density at radius 3 is 2.77 bits per heavy atom. The molecule has 1 aliphatic heterocycles. The highest BCUT2D eigenvalue weighted by Crippen LogP contribution is 2.16. The van der Waals surface area contributed by atoms with Crippen LogP contribution < -0.4 is 0 Å². The first kappa shape index (κ1) is 10.2. The Morgan fingerprint density at radius 1 is 1.46 bits per heavy atom. The molecule has 0 saturated carbocycles. The predicted molar refractivity (Wildman–Crippen MR) is 45.2 cm³/mol. The van der Waals surface area contributed by atoms with E-state index in [0.29, 0.717) is 26.1 Å². The van der Waals surface area contributed by atoms with E-state index < -0.39 is 0 Å². The Kier molecular flexibility index (Phi) is 4.46. The first-order valence-electron chi connectivity index (χ1n) is 4.50. The van der Waals surface area contributed by atoms with Crippen LogP contribution in [0.4, 0.5) is 0 Å². The molecule has 0 bridgehead atoms. The van der Waals surface area contributed by atoms with Crippen LogP contribution in [0.5, 0.6) is 0 Å². The average Bonchev–Trinajstić information content (AvgIpc) is 2.19. The Morgan fingerprint density at radius 2 is 2.15 bits per heavy atom. The molecule has 0 aromatic rings. The monoisotopic (exact) mass is 186 g/mol. The highest BCUT2D eigenvalue weighted by molar-refractivity contribution is 5.81. The molecule has 0 amide bonds. The van der Waals surface area contributed by atoms with Crippen molar-refractivity contribution >= 4 is 12.3 Å². The highest BCUT2D eigenvalue weighted by Gasteiger charge is 2.20. The van der Waals surface area contributed by atoms with E-state index in [2.05, 4.69) is 4.74 Å². The van der Waals surface area contributed by atoms with Crippen molar-refractivity contribution in [2.75, 3.05) is 19.8 Å². The van der Waals surface area contributed by atoms with E-state index >= 15 is 0 Å². The molecular weight excluding hydrogens is 172 g/mol. The number of ketones is 1. The van der Waals surface area contributed by atoms with E-state index in [1.54, 1.807) is 0 Å². The van der Waals surface area contributed by atoms with Gasteiger partial charge in [0.2, 0.25) is 0 Å². The zero-order valence-corrected chi connectivity index (χ0v) is 7.53. The average molecular weight is 186 g/mol. The minimum atomic E-state index is 0.115. The number of hydrogen-bond donors (Lipinski definition) is 0. The molecule has 0 unspecified atom stereocenters. The highest BCUT2D eigenvalue weighted by atomic mass is 16.5. The van der Waals surface area contributed by atoms with Crippen molar-refractivity contribution in [3.63, 3.8) is 0 Å². The Hall–Kier alpha value is -0.900. The van der Waals surface area contributed by atoms with Crippen LogP contribution in [-0.4, -0.2) is 32.1 Å². The molecule has 13 heavy (non-hydrogen) atoms. The first-order valence-corrected chi connectivity index (χ1v) is 4.50. The molecule has 0 atom stereocenters. The molecule has 1 saturated heterocycles. The third-order valence-corrected chi connectivity index (χ3v) is 2.21. The van der Waals surface area contributed by atoms with Gasteiger partial charge in [-0.3, -0.25) is 9.59 Å². The lowest BCUT2D eigenvalue weighted by Crippen LogP contribution is -2.24. The maximum absolute atomic E-state index is 11.4. The van der Waals surface area contributed by atoms with Gasteiger partial charge in [-0.2, -0.15) is 0 Å². The molecule has 1 fully saturated rings. The lowest BCUT2D eigenvalue weighted by Gasteiger charge is -2.20. The fourth-order valence-corrected chi connectivity index (χ4v) is 1.43. The standard InChI is InChI=1S/C9H14O4/c10-7-13-6-3-9(11)8-1-4-12-5-2-8/h7-8H,1-6H2. The smallest absolute Gasteiger partial charge is 0.293 e. The summed E-state index contributed by atoms with van der Waals surface area (Å²) in [5.41, 5.74) is 0. The lowest BCUT2D eigenvalue weighted by atomic mass is 9.94. The molecular formula is C9H14O4. The van der Waals surface area contributed by atoms with Crippen molar-refractivity contribution in [3.05, 3.63) is 0 Å². The summed E-state index contributed by atoms with van der Waals surface area (Å²) in [6, 6.07) is 0. The van der Waals surface area contributed by atoms with Gasteiger partial charge in [-0.1, -0.05) is 0 Å². The van der Waals surface area contributed by atoms with Gasteiger partial charge in [-0.15, -0.1) is 0 Å². The number of hydrogen-bond acceptors (Lipinski definition) is 4. The normalized spacial score (nSPS) is 18.2. The van der Waals surface area contributed by atoms with Crippen LogP contribution in [0.15, 0.2) is 0 Å². The quantitative estimate of drug-likeness (QED) is 0.464. The van der Waals surface area contributed by atoms with E-state index in [-0.39, 0.29) is 18.3 Å². The van der Waals surface area contributed by atoms with Crippen LogP contribution in [-0.2, 0) is 19.1 Å². The molecule has 74 valence electrons. The van der Waals surface area contributed by atoms with Crippen LogP contribution in [0.3, 0.4) is 0 Å². The van der Waals surface area contributed by atoms with Gasteiger partial charge in [-0.25, -0.2) is 0 Å². The van der Waals surface area contributed by atoms with E-state index in [4.69, 9.17) is 4.74 Å². The molecule has 0 aromatic heterocycles. The summed E-state index contributed by atoms with van der Waals surface area (Å²) in [5, 5.41) is 0. The van der Waals surface area contributed by atoms with Crippen LogP contribution >= 0.6 is 0 Å². The number of ether oxygens (including phenoxy) is 2. The van der Waals surface area contributed by atoms with Gasteiger partial charge in [0.1, 0.15) is 5.78 Å². The van der Waals surface area contributed by atoms with Crippen molar-refractivity contribution in [3.8, 4) is 0 Å². The van der Waals surface area contributed by atoms with Crippen molar-refractivity contribution in [1.82, 2.24) is 0 Å². The summed E-state index contributed by atoms with van der Waals surface area (Å²) in [7, 11) is 0. The van der Waals surface area contributed by atoms with Crippen molar-refractivity contribution < 1.29 is 19.1 Å². The second-order valence-corrected chi connectivity index (χ2v) is 3.07. The zero-order chi connectivity index (χ0) is 9.52. The zero-order valence-electron chi connectivity index (χ0n) is 7.53. The van der Waals surface area contributed by atoms with Gasteiger partial charge >= 0.3 is 0 Å². The summed E-state index contributed by atoms with van der Waals surface area (Å²) in [6.45, 7) is 1.92. The van der Waals surface area contributed by atoms with Crippen molar-refractivity contribution in [2.45, 2.75) is 19.3 Å². The predicted octanol–water partition coefficient (Wildman–Crippen LogP) is 0.545. The summed E-state index contributed by atoms with van der Waals surface area (Å²) < 4.78 is 9.60. The maximum Gasteiger partial charge on any atom is 0.293 e. The van der Waals surface area contributed by atoms with Gasteiger partial charge < -0.3 is 9.47 Å². The van der Waals surface area contributed by atoms with Crippen molar-refractivity contribution in [2.24, 2.45) is 5.92 Å². The largest absolute Gasteiger partial charge is 0.467 e. The SMILES string of the molecule is O=COCCC(=O)C1CCOCC1. The Labute approximate surface area is 77.2 Å². The van der Waals surface area contributed by atoms with E-state index in [0.717, 1.165) is 12.8 Å². The van der Waals surface area contributed by atoms with Crippen LogP contribution in [0.1, 0.15) is 19.3 Å². The maximum atomic E-state index is 11.4. The van der Waals surface area contributed by atoms with E-state index in [9.17, 15) is 9.59 Å². The fraction of sp³-hybridized carbons (Fsp3) is 0.778. The third kappa shape index (κ3) is 3.55. The van der Waals surface area contributed by atoms with Gasteiger partial charge in [0.25, 0.3) is 6.47 Å². The second kappa shape index (κ2) is 5.70. The first-order chi connectivity index (χ1) is 6.34. The van der Waals surface area contributed by atoms with Gasteiger partial charge in [0.05, 0.1) is 6.61 Å². The molecule has 1 heterocycles. The molecule has 4 nitrogen and oxygen atoms in total. The molecule has 0 aliphatic carbocycles. The van der Waals surface area contributed by atoms with Crippen LogP contribution in [0.25, 0.3) is 0 Å². The Bertz CT molecular complexity index is 172. The summed E-state index contributed by atoms with van der Waals surface area (Å²) in [6.07, 6.45) is 1.95. The van der Waals surface area contributed by atoms with E-state index in [1.807, 2.05) is 0 Å². The summed E-state index contributed by atoms with van der Waals surface area (Å²) in [4.78, 5) is 21.2. The summed E-state index contributed by atoms with van der Waals surface area (Å²) >= 11 is 0. The summed E-state index contributed by atoms with van der Waals surface area (Å²) in [5.74, 6) is 0.300. The molecule has 0 radical (unpaired) electrons. The second-order valence-electron chi connectivity index (χ2n) is 3.07. The minimum Gasteiger partial charge on any atom is -0.467 e. The molecule has 1 rings (SSSR count). The molecule has 4 heteroatoms. The number of Topliss-reactive ketones (excluding diaryl/α,β-unsaturated/α-hetero) is 1. The van der Waals surface area contributed by atoms with E-state index in [1.165, 1.54) is 0 Å². The fourth-order valence-electron chi connectivity index (χ4n) is 1.43. The molecule has 0 aromatic carbocycles. The topological polar surface area (TPSA) is 52.6 Å². The van der Waals surface area contributed by atoms with Gasteiger partial charge in [0, 0.05) is 25.6 Å². The lowest BCUT2D eigenvalue weighted by molar-refractivity contribution is -0.132. The van der Waals surface area contributed by atoms with Crippen LogP contribution in [0.2, 0.25) is 0 Å². The number of rotatable bonds is 5. The molecule has 0 N–H and O–H groups in total. The van der Waals surface area contributed by atoms with Gasteiger partial charge in [0.15, 0.2) is 0 Å². The Balaban J connectivity index is 2.17. The molecule has 1 aliphatic rings.